The highest BCUT2D eigenvalue weighted by molar-refractivity contribution is 6.30. The molecule has 132 valence electrons. The third kappa shape index (κ3) is 3.69. The molecular weight excluding hydrogens is 349 g/mol. The molecule has 0 aliphatic carbocycles. The highest BCUT2D eigenvalue weighted by Gasteiger charge is 2.55. The lowest BCUT2D eigenvalue weighted by Crippen LogP contribution is -2.49. The normalized spacial score (nSPS) is 19.4. The van der Waals surface area contributed by atoms with Crippen LogP contribution < -0.4 is 4.74 Å². The molecule has 1 heterocycles. The van der Waals surface area contributed by atoms with Gasteiger partial charge in [0, 0.05) is 10.6 Å². The number of hydrogen-bond acceptors (Lipinski definition) is 1. The number of rotatable bonds is 4. The molecule has 0 N–H and O–H groups in total. The van der Waals surface area contributed by atoms with Crippen molar-refractivity contribution < 1.29 is 17.9 Å². The highest BCUT2D eigenvalue weighted by atomic mass is 35.5. The van der Waals surface area contributed by atoms with Crippen LogP contribution in [0.4, 0.5) is 13.2 Å². The first-order valence-corrected chi connectivity index (χ1v) is 8.53. The van der Waals surface area contributed by atoms with Crippen molar-refractivity contribution >= 4 is 17.7 Å². The number of benzene rings is 2. The second-order valence-electron chi connectivity index (χ2n) is 6.17. The Morgan fingerprint density at radius 3 is 2.28 bits per heavy atom. The summed E-state index contributed by atoms with van der Waals surface area (Å²) < 4.78 is 45.6. The van der Waals surface area contributed by atoms with Crippen molar-refractivity contribution in [3.63, 3.8) is 0 Å². The van der Waals surface area contributed by atoms with Crippen molar-refractivity contribution in [2.45, 2.75) is 38.0 Å². The molecule has 0 aromatic heterocycles. The van der Waals surface area contributed by atoms with Crippen LogP contribution in [0, 0.1) is 0 Å². The molecule has 3 rings (SSSR count). The van der Waals surface area contributed by atoms with Crippen LogP contribution in [-0.2, 0) is 12.8 Å². The van der Waals surface area contributed by atoms with Gasteiger partial charge in [0.2, 0.25) is 5.60 Å². The van der Waals surface area contributed by atoms with Gasteiger partial charge >= 0.3 is 6.18 Å². The minimum absolute atomic E-state index is 0.165. The predicted molar refractivity (Wildman–Crippen MR) is 94.0 cm³/mol. The van der Waals surface area contributed by atoms with E-state index in [4.69, 9.17) is 16.3 Å². The molecule has 1 nitrogen and oxygen atoms in total. The van der Waals surface area contributed by atoms with Gasteiger partial charge in [-0.3, -0.25) is 0 Å². The van der Waals surface area contributed by atoms with Gasteiger partial charge in [0.25, 0.3) is 0 Å². The molecule has 0 bridgehead atoms. The van der Waals surface area contributed by atoms with E-state index in [1.165, 1.54) is 13.0 Å². The number of alkyl halides is 3. The maximum Gasteiger partial charge on any atom is 0.432 e. The maximum absolute atomic E-state index is 13.4. The predicted octanol–water partition coefficient (Wildman–Crippen LogP) is 6.24. The van der Waals surface area contributed by atoms with Crippen LogP contribution in [0.5, 0.6) is 5.75 Å². The monoisotopic (exact) mass is 366 g/mol. The summed E-state index contributed by atoms with van der Waals surface area (Å²) in [7, 11) is 0. The Morgan fingerprint density at radius 1 is 1.00 bits per heavy atom. The fraction of sp³-hybridized carbons (Fsp3) is 0.300. The molecule has 1 aliphatic rings. The van der Waals surface area contributed by atoms with Crippen molar-refractivity contribution in [1.29, 1.82) is 0 Å². The summed E-state index contributed by atoms with van der Waals surface area (Å²) in [4.78, 5) is 0. The van der Waals surface area contributed by atoms with Gasteiger partial charge in [-0.25, -0.2) is 0 Å². The van der Waals surface area contributed by atoms with Crippen LogP contribution in [0.25, 0.3) is 6.08 Å². The maximum atomic E-state index is 13.4. The first kappa shape index (κ1) is 17.9. The third-order valence-electron chi connectivity index (χ3n) is 4.52. The lowest BCUT2D eigenvalue weighted by molar-refractivity contribution is -0.230. The highest BCUT2D eigenvalue weighted by Crippen LogP contribution is 2.43. The Bertz CT molecular complexity index is 781. The molecule has 2 aromatic carbocycles. The molecule has 2 aromatic rings. The molecule has 1 aliphatic heterocycles. The minimum atomic E-state index is -4.45. The van der Waals surface area contributed by atoms with Crippen LogP contribution in [0.1, 0.15) is 30.0 Å². The quantitative estimate of drug-likeness (QED) is 0.622. The van der Waals surface area contributed by atoms with Crippen molar-refractivity contribution in [3.05, 3.63) is 70.3 Å². The van der Waals surface area contributed by atoms with Gasteiger partial charge in [-0.15, -0.1) is 0 Å². The molecule has 0 fully saturated rings. The van der Waals surface area contributed by atoms with Crippen molar-refractivity contribution in [1.82, 2.24) is 0 Å². The smallest absolute Gasteiger partial charge is 0.432 e. The molecular formula is C20H18ClF3O. The Kier molecular flexibility index (Phi) is 4.83. The fourth-order valence-electron chi connectivity index (χ4n) is 2.90. The topological polar surface area (TPSA) is 9.23 Å². The number of fused-ring (bicyclic) bond motifs is 1. The summed E-state index contributed by atoms with van der Waals surface area (Å²) in [6, 6.07) is 13.0. The van der Waals surface area contributed by atoms with Crippen LogP contribution in [0.15, 0.2) is 48.5 Å². The second-order valence-corrected chi connectivity index (χ2v) is 6.61. The number of ether oxygens (including phenoxy) is 1. The molecule has 0 amide bonds. The molecule has 0 spiro atoms. The van der Waals surface area contributed by atoms with E-state index in [1.807, 2.05) is 30.3 Å². The van der Waals surface area contributed by atoms with Gasteiger partial charge in [-0.05, 0) is 54.7 Å². The van der Waals surface area contributed by atoms with Crippen molar-refractivity contribution in [3.8, 4) is 5.75 Å². The molecule has 25 heavy (non-hydrogen) atoms. The lowest BCUT2D eigenvalue weighted by atomic mass is 9.93. The minimum Gasteiger partial charge on any atom is -0.473 e. The zero-order chi connectivity index (χ0) is 18.1. The average Bonchev–Trinajstić information content (AvgIpc) is 2.59. The summed E-state index contributed by atoms with van der Waals surface area (Å²) in [5.74, 6) is 0.287. The molecule has 5 heteroatoms. The van der Waals surface area contributed by atoms with Crippen LogP contribution >= 0.6 is 11.6 Å². The fourth-order valence-corrected chi connectivity index (χ4v) is 3.02. The zero-order valence-corrected chi connectivity index (χ0v) is 14.5. The van der Waals surface area contributed by atoms with E-state index in [1.54, 1.807) is 12.1 Å². The van der Waals surface area contributed by atoms with Crippen LogP contribution in [0.3, 0.4) is 0 Å². The number of hydrogen-bond donors (Lipinski definition) is 0. The van der Waals surface area contributed by atoms with E-state index in [2.05, 4.69) is 0 Å². The van der Waals surface area contributed by atoms with Gasteiger partial charge in [0.05, 0.1) is 0 Å². The molecule has 1 unspecified atom stereocenters. The third-order valence-corrected chi connectivity index (χ3v) is 4.77. The van der Waals surface area contributed by atoms with Crippen molar-refractivity contribution in [2.24, 2.45) is 0 Å². The molecule has 1 atom stereocenters. The Labute approximate surface area is 150 Å². The van der Waals surface area contributed by atoms with Gasteiger partial charge in [-0.1, -0.05) is 48.9 Å². The number of aryl methyl sites for hydroxylation is 2. The Balaban J connectivity index is 1.78. The standard InChI is InChI=1S/C20H18ClF3O/c1-2-19(20(22,23)24)12-11-16-8-5-15(13-18(16)25-19)4-3-14-6-9-17(21)10-7-14/h5-13H,2-4H2,1H3. The average molecular weight is 367 g/mol. The van der Waals surface area contributed by atoms with E-state index < -0.39 is 11.8 Å². The van der Waals surface area contributed by atoms with E-state index in [9.17, 15) is 13.2 Å². The van der Waals surface area contributed by atoms with Gasteiger partial charge in [-0.2, -0.15) is 13.2 Å². The SMILES string of the molecule is CCC1(C(F)(F)F)C=Cc2ccc(CCc3ccc(Cl)cc3)cc2O1. The molecule has 0 saturated carbocycles. The molecule has 0 saturated heterocycles. The summed E-state index contributed by atoms with van der Waals surface area (Å²) in [6.45, 7) is 1.48. The Morgan fingerprint density at radius 2 is 1.64 bits per heavy atom. The Hall–Kier alpha value is -1.94. The van der Waals surface area contributed by atoms with E-state index in [0.717, 1.165) is 23.6 Å². The summed E-state index contributed by atoms with van der Waals surface area (Å²) in [5.41, 5.74) is 0.496. The van der Waals surface area contributed by atoms with E-state index in [0.29, 0.717) is 17.0 Å². The second kappa shape index (κ2) is 6.75. The first-order valence-electron chi connectivity index (χ1n) is 8.15. The lowest BCUT2D eigenvalue weighted by Gasteiger charge is -2.35. The van der Waals surface area contributed by atoms with Crippen LogP contribution in [-0.4, -0.2) is 11.8 Å². The van der Waals surface area contributed by atoms with Gasteiger partial charge in [0.1, 0.15) is 5.75 Å². The van der Waals surface area contributed by atoms with Crippen LogP contribution in [0.2, 0.25) is 5.02 Å². The van der Waals surface area contributed by atoms with E-state index >= 15 is 0 Å². The van der Waals surface area contributed by atoms with Gasteiger partial charge in [0.15, 0.2) is 0 Å². The summed E-state index contributed by atoms with van der Waals surface area (Å²) in [6.07, 6.45) is -0.505. The zero-order valence-electron chi connectivity index (χ0n) is 13.7. The number of halogens is 4. The van der Waals surface area contributed by atoms with E-state index in [-0.39, 0.29) is 12.2 Å². The largest absolute Gasteiger partial charge is 0.473 e. The summed E-state index contributed by atoms with van der Waals surface area (Å²) >= 11 is 5.87. The van der Waals surface area contributed by atoms with Crippen molar-refractivity contribution in [2.75, 3.05) is 0 Å². The summed E-state index contributed by atoms with van der Waals surface area (Å²) in [5, 5.41) is 0.681. The molecule has 0 radical (unpaired) electrons. The van der Waals surface area contributed by atoms with Gasteiger partial charge < -0.3 is 4.74 Å². The first-order chi connectivity index (χ1) is 11.8.